The van der Waals surface area contributed by atoms with E-state index in [1.54, 1.807) is 0 Å². The van der Waals surface area contributed by atoms with Gasteiger partial charge >= 0.3 is 5.97 Å². The number of hydrogen-bond donors (Lipinski definition) is 4. The van der Waals surface area contributed by atoms with Gasteiger partial charge in [0.05, 0.1) is 12.5 Å². The van der Waals surface area contributed by atoms with E-state index in [2.05, 4.69) is 5.32 Å². The molecular weight excluding hydrogens is 316 g/mol. The summed E-state index contributed by atoms with van der Waals surface area (Å²) in [5, 5.41) is 11.7. The molecule has 1 fully saturated rings. The highest BCUT2D eigenvalue weighted by molar-refractivity contribution is 5.93. The largest absolute Gasteiger partial charge is 0.480 e. The molecule has 1 heterocycles. The maximum absolute atomic E-state index is 12.7. The molecule has 1 rings (SSSR count). The van der Waals surface area contributed by atoms with E-state index in [0.717, 1.165) is 0 Å². The smallest absolute Gasteiger partial charge is 0.326 e. The standard InChI is InChI=1S/C15H26N4O5/c1-8(2)6-10(18-13(21)9(16)7-12(17)20)14(22)19-5-3-4-11(19)15(23)24/h8-11H,3-7,16H2,1-2H3,(H2,17,20)(H,18,21)(H,23,24). The highest BCUT2D eigenvalue weighted by Gasteiger charge is 2.38. The Kier molecular flexibility index (Phi) is 7.15. The molecule has 0 aromatic carbocycles. The quantitative estimate of drug-likeness (QED) is 0.434. The van der Waals surface area contributed by atoms with Crippen molar-refractivity contribution in [1.29, 1.82) is 0 Å². The number of nitrogens with one attached hydrogen (secondary N) is 1. The maximum atomic E-state index is 12.7. The Morgan fingerprint density at radius 2 is 1.92 bits per heavy atom. The van der Waals surface area contributed by atoms with Crippen LogP contribution < -0.4 is 16.8 Å². The fourth-order valence-corrected chi connectivity index (χ4v) is 2.77. The summed E-state index contributed by atoms with van der Waals surface area (Å²) in [5.74, 6) is -2.76. The first-order valence-electron chi connectivity index (χ1n) is 8.01. The molecule has 0 aromatic heterocycles. The van der Waals surface area contributed by atoms with Gasteiger partial charge in [-0.25, -0.2) is 4.79 Å². The number of primary amides is 1. The van der Waals surface area contributed by atoms with Gasteiger partial charge in [-0.3, -0.25) is 14.4 Å². The van der Waals surface area contributed by atoms with E-state index in [-0.39, 0.29) is 12.3 Å². The number of nitrogens with zero attached hydrogens (tertiary/aromatic N) is 1. The highest BCUT2D eigenvalue weighted by atomic mass is 16.4. The number of carbonyl (C=O) groups is 4. The second-order valence-electron chi connectivity index (χ2n) is 6.50. The van der Waals surface area contributed by atoms with E-state index in [1.165, 1.54) is 4.90 Å². The van der Waals surface area contributed by atoms with Crippen molar-refractivity contribution >= 4 is 23.7 Å². The summed E-state index contributed by atoms with van der Waals surface area (Å²) < 4.78 is 0. The molecule has 0 bridgehead atoms. The average Bonchev–Trinajstić information content (AvgIpc) is 2.93. The van der Waals surface area contributed by atoms with Crippen LogP contribution in [0.2, 0.25) is 0 Å². The molecule has 0 spiro atoms. The molecule has 3 atom stereocenters. The molecule has 0 aromatic rings. The molecule has 6 N–H and O–H groups in total. The number of rotatable bonds is 8. The first-order valence-corrected chi connectivity index (χ1v) is 8.01. The van der Waals surface area contributed by atoms with Gasteiger partial charge in [-0.2, -0.15) is 0 Å². The highest BCUT2D eigenvalue weighted by Crippen LogP contribution is 2.20. The topological polar surface area (TPSA) is 156 Å². The Hall–Kier alpha value is -2.16. The molecule has 1 aliphatic heterocycles. The van der Waals surface area contributed by atoms with Crippen molar-refractivity contribution in [2.45, 2.75) is 57.7 Å². The van der Waals surface area contributed by atoms with Crippen LogP contribution in [0.25, 0.3) is 0 Å². The fourth-order valence-electron chi connectivity index (χ4n) is 2.77. The van der Waals surface area contributed by atoms with Gasteiger partial charge in [0.2, 0.25) is 17.7 Å². The molecule has 136 valence electrons. The molecule has 1 saturated heterocycles. The Labute approximate surface area is 140 Å². The number of hydrogen-bond acceptors (Lipinski definition) is 5. The van der Waals surface area contributed by atoms with Crippen molar-refractivity contribution in [3.05, 3.63) is 0 Å². The number of nitrogens with two attached hydrogens (primary N) is 2. The summed E-state index contributed by atoms with van der Waals surface area (Å²) in [7, 11) is 0. The van der Waals surface area contributed by atoms with Gasteiger partial charge in [0.15, 0.2) is 0 Å². The third kappa shape index (κ3) is 5.48. The zero-order valence-electron chi connectivity index (χ0n) is 14.0. The monoisotopic (exact) mass is 342 g/mol. The Balaban J connectivity index is 2.84. The molecule has 0 radical (unpaired) electrons. The average molecular weight is 342 g/mol. The van der Waals surface area contributed by atoms with Crippen LogP contribution in [0.5, 0.6) is 0 Å². The van der Waals surface area contributed by atoms with Crippen molar-refractivity contribution in [1.82, 2.24) is 10.2 Å². The molecule has 9 heteroatoms. The van der Waals surface area contributed by atoms with Gasteiger partial charge in [0.25, 0.3) is 0 Å². The number of likely N-dealkylation sites (tertiary alicyclic amines) is 1. The number of carboxylic acid groups (broad SMARTS) is 1. The third-order valence-electron chi connectivity index (χ3n) is 3.90. The SMILES string of the molecule is CC(C)CC(NC(=O)C(N)CC(N)=O)C(=O)N1CCCC1C(=O)O. The van der Waals surface area contributed by atoms with E-state index in [1.807, 2.05) is 13.8 Å². The summed E-state index contributed by atoms with van der Waals surface area (Å²) in [6.07, 6.45) is 1.02. The van der Waals surface area contributed by atoms with Crippen molar-refractivity contribution < 1.29 is 24.3 Å². The van der Waals surface area contributed by atoms with Crippen molar-refractivity contribution in [3.63, 3.8) is 0 Å². The van der Waals surface area contributed by atoms with Crippen molar-refractivity contribution in [2.75, 3.05) is 6.54 Å². The minimum absolute atomic E-state index is 0.0949. The van der Waals surface area contributed by atoms with Gasteiger partial charge in [-0.15, -0.1) is 0 Å². The summed E-state index contributed by atoms with van der Waals surface area (Å²) in [5.41, 5.74) is 10.6. The molecule has 3 unspecified atom stereocenters. The van der Waals surface area contributed by atoms with Gasteiger partial charge < -0.3 is 26.8 Å². The lowest BCUT2D eigenvalue weighted by Gasteiger charge is -2.28. The van der Waals surface area contributed by atoms with E-state index in [0.29, 0.717) is 25.8 Å². The fraction of sp³-hybridized carbons (Fsp3) is 0.733. The third-order valence-corrected chi connectivity index (χ3v) is 3.90. The summed E-state index contributed by atoms with van der Waals surface area (Å²) in [6.45, 7) is 4.11. The predicted octanol–water partition coefficient (Wildman–Crippen LogP) is -1.20. The van der Waals surface area contributed by atoms with Gasteiger partial charge in [-0.1, -0.05) is 13.8 Å². The minimum Gasteiger partial charge on any atom is -0.480 e. The van der Waals surface area contributed by atoms with E-state index < -0.39 is 41.8 Å². The summed E-state index contributed by atoms with van der Waals surface area (Å²) in [4.78, 5) is 48.2. The number of carbonyl (C=O) groups excluding carboxylic acids is 3. The van der Waals surface area contributed by atoms with Crippen LogP contribution in [0.4, 0.5) is 0 Å². The molecule has 1 aliphatic rings. The van der Waals surface area contributed by atoms with Crippen LogP contribution in [0.1, 0.15) is 39.5 Å². The normalized spacial score (nSPS) is 19.8. The second kappa shape index (κ2) is 8.62. The van der Waals surface area contributed by atoms with Crippen molar-refractivity contribution in [2.24, 2.45) is 17.4 Å². The summed E-state index contributed by atoms with van der Waals surface area (Å²) >= 11 is 0. The van der Waals surface area contributed by atoms with E-state index >= 15 is 0 Å². The summed E-state index contributed by atoms with van der Waals surface area (Å²) in [6, 6.07) is -2.89. The van der Waals surface area contributed by atoms with Crippen LogP contribution in [-0.2, 0) is 19.2 Å². The van der Waals surface area contributed by atoms with Crippen LogP contribution in [-0.4, -0.2) is 58.4 Å². The maximum Gasteiger partial charge on any atom is 0.326 e. The van der Waals surface area contributed by atoms with Crippen LogP contribution >= 0.6 is 0 Å². The lowest BCUT2D eigenvalue weighted by atomic mass is 10.0. The Morgan fingerprint density at radius 3 is 2.42 bits per heavy atom. The minimum atomic E-state index is -1.14. The molecule has 24 heavy (non-hydrogen) atoms. The van der Waals surface area contributed by atoms with Crippen molar-refractivity contribution in [3.8, 4) is 0 Å². The van der Waals surface area contributed by atoms with Gasteiger partial charge in [0, 0.05) is 6.54 Å². The molecular formula is C15H26N4O5. The van der Waals surface area contributed by atoms with Gasteiger partial charge in [0.1, 0.15) is 12.1 Å². The van der Waals surface area contributed by atoms with E-state index in [9.17, 15) is 24.3 Å². The predicted molar refractivity (Wildman–Crippen MR) is 85.5 cm³/mol. The molecule has 3 amide bonds. The number of aliphatic carboxylic acids is 1. The zero-order chi connectivity index (χ0) is 18.4. The van der Waals surface area contributed by atoms with Crippen LogP contribution in [0.3, 0.4) is 0 Å². The number of carboxylic acids is 1. The van der Waals surface area contributed by atoms with E-state index in [4.69, 9.17) is 11.5 Å². The van der Waals surface area contributed by atoms with Gasteiger partial charge in [-0.05, 0) is 25.2 Å². The van der Waals surface area contributed by atoms with Crippen LogP contribution in [0, 0.1) is 5.92 Å². The molecule has 0 aliphatic carbocycles. The zero-order valence-corrected chi connectivity index (χ0v) is 14.0. The van der Waals surface area contributed by atoms with Crippen LogP contribution in [0.15, 0.2) is 0 Å². The molecule has 0 saturated carbocycles. The lowest BCUT2D eigenvalue weighted by molar-refractivity contribution is -0.149. The number of amides is 3. The first-order chi connectivity index (χ1) is 11.1. The Morgan fingerprint density at radius 1 is 1.29 bits per heavy atom. The first kappa shape index (κ1) is 19.9. The second-order valence-corrected chi connectivity index (χ2v) is 6.50. The Bertz CT molecular complexity index is 508. The lowest BCUT2D eigenvalue weighted by Crippen LogP contribution is -2.55. The molecule has 9 nitrogen and oxygen atoms in total.